The van der Waals surface area contributed by atoms with Crippen LogP contribution in [-0.4, -0.2) is 39.6 Å². The Hall–Kier alpha value is -3.16. The van der Waals surface area contributed by atoms with Crippen LogP contribution in [0.1, 0.15) is 73.9 Å². The molecule has 0 saturated carbocycles. The number of hydrogen-bond donors (Lipinski definition) is 0. The zero-order valence-corrected chi connectivity index (χ0v) is 26.9. The fourth-order valence-corrected chi connectivity index (χ4v) is 4.69. The predicted octanol–water partition coefficient (Wildman–Crippen LogP) is 8.40. The molecule has 0 saturated heterocycles. The van der Waals surface area contributed by atoms with Gasteiger partial charge in [-0.25, -0.2) is 0 Å². The van der Waals surface area contributed by atoms with Crippen LogP contribution in [0.25, 0.3) is 0 Å². The van der Waals surface area contributed by atoms with Crippen LogP contribution in [-0.2, 0) is 50.8 Å². The number of hydrogen-bond acceptors (Lipinski definition) is 6. The zero-order chi connectivity index (χ0) is 31.5. The average Bonchev–Trinajstić information content (AvgIpc) is 3.00. The molecule has 0 aliphatic carbocycles. The van der Waals surface area contributed by atoms with Gasteiger partial charge >= 0.3 is 0 Å². The predicted molar refractivity (Wildman–Crippen MR) is 176 cm³/mol. The van der Waals surface area contributed by atoms with Crippen molar-refractivity contribution >= 4 is 0 Å². The Morgan fingerprint density at radius 2 is 0.907 bits per heavy atom. The lowest BCUT2D eigenvalue weighted by Gasteiger charge is -2.30. The molecule has 0 radical (unpaired) electrons. The van der Waals surface area contributed by atoms with Gasteiger partial charge in [-0.05, 0) is 62.1 Å². The normalized spacial score (nSPS) is 11.3. The van der Waals surface area contributed by atoms with Gasteiger partial charge in [-0.2, -0.15) is 0 Å². The molecule has 2 aromatic carbocycles. The van der Waals surface area contributed by atoms with Crippen molar-refractivity contribution in [2.24, 2.45) is 0 Å². The summed E-state index contributed by atoms with van der Waals surface area (Å²) < 4.78 is 36.2. The van der Waals surface area contributed by atoms with Gasteiger partial charge in [0.05, 0.1) is 66.1 Å². The second kappa shape index (κ2) is 19.9. The Labute approximate surface area is 260 Å². The standard InChI is InChI=1S/C37H52O6/c1-9-15-19-40-27-31-23-33(21-29(25-38-17-11-3)35(31)42-13-5)37(7,8)34-22-30(26-39-18-12-4)36(43-14-6)32(24-34)28-41-20-16-10-2/h9-12,21-24H,1-4,13-20,25-28H2,5-8H3. The Balaban J connectivity index is 2.68. The SMILES string of the molecule is C=CCCOCc1cc(C(C)(C)c2cc(COCC=C)c(OCC)c(COCCC=C)c2)cc(COCC=C)c1OCC. The van der Waals surface area contributed by atoms with Crippen molar-refractivity contribution in [3.63, 3.8) is 0 Å². The van der Waals surface area contributed by atoms with Crippen LogP contribution >= 0.6 is 0 Å². The van der Waals surface area contributed by atoms with Gasteiger partial charge < -0.3 is 28.4 Å². The van der Waals surface area contributed by atoms with E-state index >= 15 is 0 Å². The first-order chi connectivity index (χ1) is 20.9. The largest absolute Gasteiger partial charge is 0.493 e. The third-order valence-electron chi connectivity index (χ3n) is 6.94. The molecule has 0 aromatic heterocycles. The highest BCUT2D eigenvalue weighted by Gasteiger charge is 2.28. The van der Waals surface area contributed by atoms with Crippen molar-refractivity contribution in [2.75, 3.05) is 39.6 Å². The van der Waals surface area contributed by atoms with Gasteiger partial charge in [-0.3, -0.25) is 0 Å². The van der Waals surface area contributed by atoms with E-state index in [1.165, 1.54) is 0 Å². The minimum absolute atomic E-state index is 0.400. The first-order valence-corrected chi connectivity index (χ1v) is 15.2. The smallest absolute Gasteiger partial charge is 0.130 e. The summed E-state index contributed by atoms with van der Waals surface area (Å²) in [6, 6.07) is 8.76. The quantitative estimate of drug-likeness (QED) is 0.0901. The van der Waals surface area contributed by atoms with Crippen molar-refractivity contribution in [1.82, 2.24) is 0 Å². The van der Waals surface area contributed by atoms with E-state index in [1.54, 1.807) is 12.2 Å². The molecular formula is C37H52O6. The van der Waals surface area contributed by atoms with Crippen molar-refractivity contribution in [3.8, 4) is 11.5 Å². The van der Waals surface area contributed by atoms with Crippen molar-refractivity contribution in [3.05, 3.63) is 108 Å². The summed E-state index contributed by atoms with van der Waals surface area (Å²) in [6.07, 6.45) is 8.79. The summed E-state index contributed by atoms with van der Waals surface area (Å²) in [5.41, 5.74) is 5.77. The van der Waals surface area contributed by atoms with Crippen molar-refractivity contribution in [1.29, 1.82) is 0 Å². The van der Waals surface area contributed by atoms with Crippen LogP contribution in [0, 0.1) is 0 Å². The Kier molecular flexibility index (Phi) is 16.7. The minimum atomic E-state index is -0.401. The topological polar surface area (TPSA) is 55.4 Å². The highest BCUT2D eigenvalue weighted by Crippen LogP contribution is 2.40. The minimum Gasteiger partial charge on any atom is -0.493 e. The zero-order valence-electron chi connectivity index (χ0n) is 26.9. The van der Waals surface area contributed by atoms with Crippen LogP contribution in [0.15, 0.2) is 74.9 Å². The molecular weight excluding hydrogens is 540 g/mol. The van der Waals surface area contributed by atoms with Gasteiger partial charge in [0, 0.05) is 27.7 Å². The molecule has 236 valence electrons. The molecule has 0 fully saturated rings. The monoisotopic (exact) mass is 592 g/mol. The van der Waals surface area contributed by atoms with Crippen LogP contribution in [0.4, 0.5) is 0 Å². The van der Waals surface area contributed by atoms with Crippen LogP contribution in [0.5, 0.6) is 11.5 Å². The maximum atomic E-state index is 6.16. The molecule has 6 nitrogen and oxygen atoms in total. The molecule has 0 unspecified atom stereocenters. The van der Waals surface area contributed by atoms with Crippen LogP contribution in [0.2, 0.25) is 0 Å². The molecule has 6 heteroatoms. The maximum absolute atomic E-state index is 6.16. The summed E-state index contributed by atoms with van der Waals surface area (Å²) in [4.78, 5) is 0. The van der Waals surface area contributed by atoms with E-state index in [2.05, 4.69) is 64.4 Å². The van der Waals surface area contributed by atoms with Gasteiger partial charge in [0.2, 0.25) is 0 Å². The van der Waals surface area contributed by atoms with Gasteiger partial charge in [0.1, 0.15) is 11.5 Å². The second-order valence-corrected chi connectivity index (χ2v) is 10.6. The fourth-order valence-electron chi connectivity index (χ4n) is 4.69. The van der Waals surface area contributed by atoms with Crippen LogP contribution in [0.3, 0.4) is 0 Å². The Morgan fingerprint density at radius 1 is 0.558 bits per heavy atom. The van der Waals surface area contributed by atoms with Crippen LogP contribution < -0.4 is 9.47 Å². The molecule has 0 bridgehead atoms. The number of ether oxygens (including phenoxy) is 6. The molecule has 0 heterocycles. The first-order valence-electron chi connectivity index (χ1n) is 15.2. The van der Waals surface area contributed by atoms with E-state index in [-0.39, 0.29) is 0 Å². The summed E-state index contributed by atoms with van der Waals surface area (Å²) >= 11 is 0. The van der Waals surface area contributed by atoms with Gasteiger partial charge in [-0.1, -0.05) is 38.2 Å². The Bertz CT molecular complexity index is 1080. The third-order valence-corrected chi connectivity index (χ3v) is 6.94. The molecule has 0 amide bonds. The lowest BCUT2D eigenvalue weighted by molar-refractivity contribution is 0.121. The fraction of sp³-hybridized carbons (Fsp3) is 0.459. The van der Waals surface area contributed by atoms with E-state index in [0.717, 1.165) is 57.7 Å². The van der Waals surface area contributed by atoms with E-state index < -0.39 is 5.41 Å². The molecule has 2 rings (SSSR count). The van der Waals surface area contributed by atoms with Crippen molar-refractivity contribution in [2.45, 2.75) is 72.4 Å². The lowest BCUT2D eigenvalue weighted by Crippen LogP contribution is -2.22. The van der Waals surface area contributed by atoms with Gasteiger partial charge in [0.15, 0.2) is 0 Å². The van der Waals surface area contributed by atoms with Gasteiger partial charge in [0.25, 0.3) is 0 Å². The summed E-state index contributed by atoms with van der Waals surface area (Å²) in [5, 5.41) is 0. The number of benzene rings is 2. The molecule has 0 atom stereocenters. The molecule has 0 aliphatic rings. The highest BCUT2D eigenvalue weighted by atomic mass is 16.5. The molecule has 2 aromatic rings. The number of rotatable bonds is 24. The first kappa shape index (κ1) is 36.0. The maximum Gasteiger partial charge on any atom is 0.130 e. The molecule has 0 N–H and O–H groups in total. The second-order valence-electron chi connectivity index (χ2n) is 10.6. The highest BCUT2D eigenvalue weighted by molar-refractivity contribution is 5.53. The van der Waals surface area contributed by atoms with E-state index in [4.69, 9.17) is 28.4 Å². The van der Waals surface area contributed by atoms with E-state index in [9.17, 15) is 0 Å². The molecule has 0 aliphatic heterocycles. The van der Waals surface area contributed by atoms with E-state index in [0.29, 0.717) is 66.1 Å². The Morgan fingerprint density at radius 3 is 1.21 bits per heavy atom. The average molecular weight is 593 g/mol. The molecule has 0 spiro atoms. The van der Waals surface area contributed by atoms with E-state index in [1.807, 2.05) is 26.0 Å². The lowest BCUT2D eigenvalue weighted by atomic mass is 9.76. The summed E-state index contributed by atoms with van der Waals surface area (Å²) in [6.45, 7) is 28.4. The summed E-state index contributed by atoms with van der Waals surface area (Å²) in [7, 11) is 0. The third kappa shape index (κ3) is 11.1. The van der Waals surface area contributed by atoms with Crippen molar-refractivity contribution < 1.29 is 28.4 Å². The van der Waals surface area contributed by atoms with Gasteiger partial charge in [-0.15, -0.1) is 26.3 Å². The molecule has 43 heavy (non-hydrogen) atoms. The summed E-state index contributed by atoms with van der Waals surface area (Å²) in [5.74, 6) is 1.62.